The minimum atomic E-state index is -4.98. The Kier molecular flexibility index (Phi) is 28.1. The summed E-state index contributed by atoms with van der Waals surface area (Å²) >= 11 is 14.3. The number of hydrogen-bond donors (Lipinski definition) is 20. The molecule has 21 N–H and O–H groups in total. The fourth-order valence-electron chi connectivity index (χ4n) is 14.8. The zero-order valence-electron chi connectivity index (χ0n) is 66.4. The van der Waals surface area contributed by atoms with Gasteiger partial charge in [-0.1, -0.05) is 55.2 Å². The topological polar surface area (TPSA) is 569 Å². The van der Waals surface area contributed by atoms with Crippen LogP contribution in [0.3, 0.4) is 0 Å². The third kappa shape index (κ3) is 20.7. The number of rotatable bonds is 20. The van der Waals surface area contributed by atoms with Gasteiger partial charge >= 0.3 is 6.36 Å². The summed E-state index contributed by atoms with van der Waals surface area (Å²) < 4.78 is 81.9. The zero-order valence-corrected chi connectivity index (χ0v) is 67.9. The summed E-state index contributed by atoms with van der Waals surface area (Å²) in [5, 5.41) is 129. The molecule has 6 aromatic carbocycles. The number of pyridine rings is 1. The molecule has 7 aromatic rings. The fraction of sp³-hybridized carbons (Fsp3) is 0.383. The summed E-state index contributed by atoms with van der Waals surface area (Å²) in [7, 11) is 2.49. The van der Waals surface area contributed by atoms with E-state index < -0.39 is 266 Å². The molecule has 7 aliphatic heterocycles. The Morgan fingerprint density at radius 3 is 1.98 bits per heavy atom. The van der Waals surface area contributed by atoms with Gasteiger partial charge in [0.1, 0.15) is 101 Å². The number of carbonyl (C=O) groups is 9. The number of primary amides is 1. The van der Waals surface area contributed by atoms with E-state index in [2.05, 4.69) is 63.1 Å². The van der Waals surface area contributed by atoms with Gasteiger partial charge in [-0.3, -0.25) is 53.0 Å². The molecular weight excluding hydrogens is 1680 g/mol. The number of aromatic hydroxyl groups is 3. The van der Waals surface area contributed by atoms with Crippen molar-refractivity contribution in [3.63, 3.8) is 0 Å². The van der Waals surface area contributed by atoms with Gasteiger partial charge in [0, 0.05) is 47.5 Å². The quantitative estimate of drug-likeness (QED) is 0.0488. The van der Waals surface area contributed by atoms with E-state index in [0.29, 0.717) is 5.56 Å². The number of halogens is 5. The number of ether oxygens (including phenoxy) is 7. The normalized spacial score (nSPS) is 26.2. The summed E-state index contributed by atoms with van der Waals surface area (Å²) in [6.07, 6.45) is -22.0. The molecule has 0 unspecified atom stereocenters. The number of phenolic OH excluding ortho intramolecular Hbond substituents is 3. The maximum Gasteiger partial charge on any atom is 0.573 e. The van der Waals surface area contributed by atoms with Crippen molar-refractivity contribution in [2.45, 2.75) is 169 Å². The molecule has 43 heteroatoms. The molecular formula is C81H87Cl2F3N12O26. The van der Waals surface area contributed by atoms with Crippen LogP contribution < -0.4 is 78.0 Å². The first-order valence-electron chi connectivity index (χ1n) is 38.4. The maximum absolute atomic E-state index is 16.3. The van der Waals surface area contributed by atoms with E-state index in [1.165, 1.54) is 38.5 Å². The summed E-state index contributed by atoms with van der Waals surface area (Å²) in [5.41, 5.74) is 4.17. The average Bonchev–Trinajstić information content (AvgIpc) is 0.763. The standard InChI is InChI=1S/C81H87Cl2F3N12O26/c1-32(2)17-47(88-5)72(110)96-62-64(104)37-10-15-51(45(82)20-37)119-53-22-39-23-54(68(53)123-79-69(67(107)66(106)55(31-99)121-79)122-57-27-80(4,70(108)33(3)118-57)90-29-34-18-40(30-89-28-34)91-71(109)35-7-12-42(13-8-35)124-81(84,85)86)120-52-16-11-38(21-46(52)83)65(105)63-77(115)95-61(78(116)98-117-6)44-24-41(100)25-50(102)58(44)43-19-36(9-14-49(43)101)59(74(112)97-63)94-75(113)60(39)93-73(111)48(26-56(87)103)92-76(62)114/h7-16,18-25,28,30,32-33,47-48,55,57,59-67,69-70,79,88,90,99-102,104-108H,17,26-27,29,31H2,1-6H3,(H2,87,103)(H,91,109)(H,92,114)(H,93,111)(H,94,113)(H,95,115)(H,96,110)(H,97,112)(H,98,116)/t33-,47+,48-,55+,57-,59+,60+,61+,62+,63-,64+,65+,66+,67-,69+,70+,79-,80-/m0/s1. The second-order valence-electron chi connectivity index (χ2n) is 30.4. The van der Waals surface area contributed by atoms with Crippen LogP contribution in [-0.2, 0) is 63.9 Å². The van der Waals surface area contributed by atoms with Crippen molar-refractivity contribution in [3.8, 4) is 62.9 Å². The number of anilines is 1. The third-order valence-corrected chi connectivity index (χ3v) is 21.6. The predicted molar refractivity (Wildman–Crippen MR) is 425 cm³/mol. The van der Waals surface area contributed by atoms with Gasteiger partial charge in [-0.15, -0.1) is 13.2 Å². The predicted octanol–water partition coefficient (Wildman–Crippen LogP) is 3.08. The molecule has 0 radical (unpaired) electrons. The van der Waals surface area contributed by atoms with E-state index in [1.54, 1.807) is 20.8 Å². The van der Waals surface area contributed by atoms with Crippen LogP contribution in [0.15, 0.2) is 122 Å². The molecule has 0 spiro atoms. The Morgan fingerprint density at radius 2 is 1.35 bits per heavy atom. The number of aromatic nitrogens is 1. The molecule has 38 nitrogen and oxygen atoms in total. The number of aliphatic hydroxyl groups is 6. The summed E-state index contributed by atoms with van der Waals surface area (Å²) in [4.78, 5) is 142. The van der Waals surface area contributed by atoms with E-state index >= 15 is 24.0 Å². The van der Waals surface area contributed by atoms with Crippen LogP contribution in [0, 0.1) is 5.92 Å². The van der Waals surface area contributed by atoms with Crippen molar-refractivity contribution >= 4 is 82.1 Å². The number of hydroxylamine groups is 1. The number of benzene rings is 6. The van der Waals surface area contributed by atoms with E-state index in [-0.39, 0.29) is 53.2 Å². The molecule has 9 amide bonds. The Morgan fingerprint density at radius 1 is 0.718 bits per heavy atom. The number of hydrogen-bond acceptors (Lipinski definition) is 29. The van der Waals surface area contributed by atoms with Crippen LogP contribution in [0.2, 0.25) is 10.0 Å². The second-order valence-corrected chi connectivity index (χ2v) is 31.2. The number of likely N-dealkylation sites (N-methyl/N-ethyl adjacent to an activating group) is 1. The first kappa shape index (κ1) is 91.4. The number of phenols is 3. The third-order valence-electron chi connectivity index (χ3n) is 21.1. The Labute approximate surface area is 712 Å². The highest BCUT2D eigenvalue weighted by atomic mass is 35.5. The highest BCUT2D eigenvalue weighted by Gasteiger charge is 2.53. The zero-order chi connectivity index (χ0) is 89.8. The van der Waals surface area contributed by atoms with Crippen molar-refractivity contribution in [2.24, 2.45) is 11.7 Å². The van der Waals surface area contributed by atoms with Crippen LogP contribution in [0.25, 0.3) is 11.1 Å². The number of alkyl halides is 3. The number of nitrogens with one attached hydrogen (secondary N) is 10. The first-order valence-corrected chi connectivity index (χ1v) is 39.1. The van der Waals surface area contributed by atoms with Crippen molar-refractivity contribution in [3.05, 3.63) is 171 Å². The van der Waals surface area contributed by atoms with Gasteiger partial charge in [-0.05, 0) is 152 Å². The highest BCUT2D eigenvalue weighted by Crippen LogP contribution is 2.50. The molecule has 2 saturated heterocycles. The van der Waals surface area contributed by atoms with Gasteiger partial charge in [0.05, 0.1) is 60.3 Å². The van der Waals surface area contributed by atoms with Crippen molar-refractivity contribution in [1.82, 2.24) is 53.0 Å². The second kappa shape index (κ2) is 38.1. The molecule has 8 heterocycles. The van der Waals surface area contributed by atoms with Crippen molar-refractivity contribution < 1.29 is 140 Å². The molecule has 2 fully saturated rings. The molecule has 0 saturated carbocycles. The molecule has 11 bridgehead atoms. The number of nitrogens with zero attached hydrogens (tertiary/aromatic N) is 1. The van der Waals surface area contributed by atoms with Crippen LogP contribution >= 0.6 is 23.2 Å². The lowest BCUT2D eigenvalue weighted by Crippen LogP contribution is -2.65. The number of fused-ring (bicyclic) bond motifs is 15. The van der Waals surface area contributed by atoms with Gasteiger partial charge in [-0.25, -0.2) is 5.48 Å². The number of amides is 9. The van der Waals surface area contributed by atoms with E-state index in [4.69, 9.17) is 62.2 Å². The van der Waals surface area contributed by atoms with Crippen molar-refractivity contribution in [2.75, 3.05) is 26.1 Å². The molecule has 1 aromatic heterocycles. The first-order chi connectivity index (χ1) is 58.7. The summed E-state index contributed by atoms with van der Waals surface area (Å²) in [5.74, 6) is -17.0. The number of aliphatic hydroxyl groups excluding tert-OH is 6. The lowest BCUT2D eigenvalue weighted by molar-refractivity contribution is -0.334. The molecule has 7 aliphatic rings. The van der Waals surface area contributed by atoms with Gasteiger partial charge < -0.3 is 133 Å². The SMILES string of the molecule is CN[C@H](CC(C)C)C(=O)N[C@H]1C(=O)N[C@@H](CC(N)=O)C(=O)N[C@H]2C(=O)N[C@H]3C(=O)N[C@H](C(=O)N[C@@H](C(=O)NOC)c4cc(O)cc(O)c4-c4cc3ccc4O)[C@H](O)c3ccc(c(Cl)c3)Oc3cc2cc(c3O[C@@H]2O[C@H](CO)[C@@H](O)[C@H](O)[C@H]2O[C@H]2C[C@](C)(NCc3cncc(NC(=O)c4ccc(OC(F)(F)F)cc4)c3)[C@H](O)[C@H](C)O2)Oc2ccc(cc2Cl)[C@H]1O. The maximum atomic E-state index is 16.3. The Bertz CT molecular complexity index is 5240. The summed E-state index contributed by atoms with van der Waals surface area (Å²) in [6, 6.07) is 4.97. The highest BCUT2D eigenvalue weighted by molar-refractivity contribution is 6.32. The van der Waals surface area contributed by atoms with E-state index in [0.717, 1.165) is 104 Å². The smallest absolute Gasteiger partial charge is 0.508 e. The Hall–Kier alpha value is -11.8. The average molecular weight is 1770 g/mol. The monoisotopic (exact) mass is 1770 g/mol. The van der Waals surface area contributed by atoms with Crippen LogP contribution in [0.4, 0.5) is 18.9 Å². The fourth-order valence-corrected chi connectivity index (χ4v) is 15.2. The number of carbonyl (C=O) groups excluding carboxylic acids is 9. The molecule has 18 atom stereocenters. The lowest BCUT2D eigenvalue weighted by atomic mass is 9.84. The largest absolute Gasteiger partial charge is 0.573 e. The van der Waals surface area contributed by atoms with Crippen LogP contribution in [-0.4, -0.2) is 210 Å². The molecule has 0 aliphatic carbocycles. The van der Waals surface area contributed by atoms with E-state index in [9.17, 15) is 78.3 Å². The van der Waals surface area contributed by atoms with Crippen molar-refractivity contribution in [1.29, 1.82) is 0 Å². The van der Waals surface area contributed by atoms with Crippen LogP contribution in [0.5, 0.6) is 51.7 Å². The Balaban J connectivity index is 1.01. The van der Waals surface area contributed by atoms with Gasteiger partial charge in [0.15, 0.2) is 23.9 Å². The summed E-state index contributed by atoms with van der Waals surface area (Å²) in [6.45, 7) is 5.53. The van der Waals surface area contributed by atoms with Gasteiger partial charge in [0.25, 0.3) is 11.8 Å². The van der Waals surface area contributed by atoms with Crippen LogP contribution in [0.1, 0.15) is 121 Å². The van der Waals surface area contributed by atoms with E-state index in [1.807, 2.05) is 0 Å². The van der Waals surface area contributed by atoms with Gasteiger partial charge in [-0.2, -0.15) is 0 Å². The minimum Gasteiger partial charge on any atom is -0.508 e. The number of nitrogens with two attached hydrogens (primary N) is 1. The molecule has 662 valence electrons. The molecule has 124 heavy (non-hydrogen) atoms. The molecule has 14 rings (SSSR count). The van der Waals surface area contributed by atoms with Gasteiger partial charge in [0.2, 0.25) is 53.4 Å². The minimum absolute atomic E-state index is 0.0377. The lowest BCUT2D eigenvalue weighted by Gasteiger charge is -2.48.